The number of nitrogens with zero attached hydrogens (tertiary/aromatic N) is 3. The van der Waals surface area contributed by atoms with Crippen LogP contribution in [0.4, 0.5) is 5.95 Å². The predicted molar refractivity (Wildman–Crippen MR) is 126 cm³/mol. The molecule has 0 fully saturated rings. The van der Waals surface area contributed by atoms with E-state index in [1.54, 1.807) is 20.4 Å². The van der Waals surface area contributed by atoms with E-state index in [4.69, 9.17) is 14.6 Å². The van der Waals surface area contributed by atoms with Gasteiger partial charge >= 0.3 is 5.95 Å². The Morgan fingerprint density at radius 2 is 2.00 bits per heavy atom. The fraction of sp³-hybridized carbons (Fsp3) is 0.280. The minimum Gasteiger partial charge on any atom is -0.496 e. The van der Waals surface area contributed by atoms with Crippen molar-refractivity contribution in [2.75, 3.05) is 14.2 Å². The highest BCUT2D eigenvalue weighted by molar-refractivity contribution is 8.13. The van der Waals surface area contributed by atoms with Crippen LogP contribution in [0, 0.1) is 0 Å². The van der Waals surface area contributed by atoms with Crippen LogP contribution < -0.4 is 4.65 Å². The van der Waals surface area contributed by atoms with Crippen molar-refractivity contribution < 1.29 is 14.4 Å². The van der Waals surface area contributed by atoms with Crippen molar-refractivity contribution >= 4 is 28.5 Å². The second-order valence-corrected chi connectivity index (χ2v) is 9.38. The number of ether oxygens (including phenoxy) is 1. The van der Waals surface area contributed by atoms with Crippen LogP contribution in [0.3, 0.4) is 0 Å². The Morgan fingerprint density at radius 1 is 1.22 bits per heavy atom. The Kier molecular flexibility index (Phi) is 5.00. The molecule has 1 aromatic carbocycles. The summed E-state index contributed by atoms with van der Waals surface area (Å²) in [5.41, 5.74) is 3.74. The van der Waals surface area contributed by atoms with E-state index in [2.05, 4.69) is 30.6 Å². The molecule has 2 aromatic rings. The first-order chi connectivity index (χ1) is 15.5. The monoisotopic (exact) mass is 448 g/mol. The topological polar surface area (TPSA) is 53.4 Å². The number of allylic oxidation sites excluding steroid dienone is 3. The number of carbonyl (C=O) groups excluding carboxylic acids is 1. The highest BCUT2D eigenvalue weighted by atomic mass is 32.2. The van der Waals surface area contributed by atoms with Gasteiger partial charge in [-0.2, -0.15) is 9.82 Å². The largest absolute Gasteiger partial charge is 0.496 e. The molecule has 164 valence electrons. The zero-order chi connectivity index (χ0) is 22.5. The number of quaternary nitrogens is 1. The van der Waals surface area contributed by atoms with Gasteiger partial charge in [0, 0.05) is 18.4 Å². The zero-order valence-electron chi connectivity index (χ0n) is 18.7. The average Bonchev–Trinajstić information content (AvgIpc) is 3.29. The van der Waals surface area contributed by atoms with Gasteiger partial charge in [-0.05, 0) is 48.9 Å². The van der Waals surface area contributed by atoms with Gasteiger partial charge in [0.05, 0.1) is 20.4 Å². The van der Waals surface area contributed by atoms with Crippen molar-refractivity contribution in [2.24, 2.45) is 0 Å². The molecule has 32 heavy (non-hydrogen) atoms. The number of rotatable bonds is 5. The number of hydrogen-bond donors (Lipinski definition) is 0. The van der Waals surface area contributed by atoms with Crippen LogP contribution in [0.1, 0.15) is 25.8 Å². The van der Waals surface area contributed by atoms with E-state index < -0.39 is 5.54 Å². The summed E-state index contributed by atoms with van der Waals surface area (Å²) in [7, 11) is 3.42. The summed E-state index contributed by atoms with van der Waals surface area (Å²) in [4.78, 5) is 23.9. The lowest BCUT2D eigenvalue weighted by Crippen LogP contribution is -2.60. The Balaban J connectivity index is 1.64. The Hall–Kier alpha value is -2.87. The van der Waals surface area contributed by atoms with E-state index in [0.29, 0.717) is 6.42 Å². The van der Waals surface area contributed by atoms with Crippen molar-refractivity contribution in [3.8, 4) is 0 Å². The standard InChI is InChI=1S/C25H26N3O3S/c1-17-15-25-12-8-9-13-28(25,31-4)24-26-16-20(27(24)23(25)18(2)22(17)30-3)32-21(29)14-19-10-6-5-7-11-19/h5-13,16H,14-15H2,1-4H3/q+1. The van der Waals surface area contributed by atoms with Gasteiger partial charge in [-0.3, -0.25) is 4.79 Å². The van der Waals surface area contributed by atoms with E-state index in [0.717, 1.165) is 45.6 Å². The molecule has 0 amide bonds. The maximum Gasteiger partial charge on any atom is 0.354 e. The van der Waals surface area contributed by atoms with E-state index in [1.165, 1.54) is 11.8 Å². The van der Waals surface area contributed by atoms with Crippen LogP contribution in [-0.2, 0) is 20.8 Å². The molecule has 0 radical (unpaired) electrons. The lowest BCUT2D eigenvalue weighted by Gasteiger charge is -2.42. The van der Waals surface area contributed by atoms with Gasteiger partial charge in [-0.25, -0.2) is 4.57 Å². The molecule has 3 aliphatic rings. The maximum absolute atomic E-state index is 13.0. The van der Waals surface area contributed by atoms with Gasteiger partial charge in [0.15, 0.2) is 5.12 Å². The summed E-state index contributed by atoms with van der Waals surface area (Å²) in [5.74, 6) is 1.62. The third-order valence-corrected chi connectivity index (χ3v) is 7.40. The number of methoxy groups -OCH3 is 1. The molecule has 2 unspecified atom stereocenters. The van der Waals surface area contributed by atoms with Gasteiger partial charge in [0.2, 0.25) is 5.54 Å². The lowest BCUT2D eigenvalue weighted by atomic mass is 9.78. The Bertz CT molecular complexity index is 1220. The summed E-state index contributed by atoms with van der Waals surface area (Å²) >= 11 is 1.23. The first-order valence-electron chi connectivity index (χ1n) is 10.6. The fourth-order valence-electron chi connectivity index (χ4n) is 5.36. The molecule has 7 heteroatoms. The second kappa shape index (κ2) is 7.62. The van der Waals surface area contributed by atoms with Crippen LogP contribution in [0.25, 0.3) is 5.70 Å². The third kappa shape index (κ3) is 2.75. The van der Waals surface area contributed by atoms with E-state index in [9.17, 15) is 4.79 Å². The smallest absolute Gasteiger partial charge is 0.354 e. The van der Waals surface area contributed by atoms with Crippen molar-refractivity contribution in [1.82, 2.24) is 14.2 Å². The van der Waals surface area contributed by atoms with Crippen LogP contribution in [0.15, 0.2) is 82.9 Å². The molecule has 3 heterocycles. The van der Waals surface area contributed by atoms with Crippen molar-refractivity contribution in [2.45, 2.75) is 37.3 Å². The minimum absolute atomic E-state index is 0.0700. The quantitative estimate of drug-likeness (QED) is 0.476. The zero-order valence-corrected chi connectivity index (χ0v) is 19.5. The molecule has 2 atom stereocenters. The van der Waals surface area contributed by atoms with Crippen LogP contribution >= 0.6 is 11.8 Å². The van der Waals surface area contributed by atoms with Crippen LogP contribution in [0.5, 0.6) is 0 Å². The normalized spacial score (nSPS) is 25.6. The number of imidazole rings is 1. The number of aromatic nitrogens is 2. The van der Waals surface area contributed by atoms with E-state index in [1.807, 2.05) is 42.6 Å². The van der Waals surface area contributed by atoms with Crippen molar-refractivity contribution in [3.05, 3.63) is 83.4 Å². The third-order valence-electron chi connectivity index (χ3n) is 6.53. The average molecular weight is 449 g/mol. The summed E-state index contributed by atoms with van der Waals surface area (Å²) < 4.78 is 8.00. The van der Waals surface area contributed by atoms with Gasteiger partial charge in [0.25, 0.3) is 0 Å². The van der Waals surface area contributed by atoms with Gasteiger partial charge < -0.3 is 4.74 Å². The molecule has 2 aliphatic heterocycles. The SMILES string of the molecule is COC1=C(C)CC23C=CC=C[N+]2(OC)c2ncc(SC(=O)Cc4ccccc4)n2C3=C1C. The van der Waals surface area contributed by atoms with Gasteiger partial charge in [-0.15, -0.1) is 0 Å². The summed E-state index contributed by atoms with van der Waals surface area (Å²) in [6.07, 6.45) is 11.1. The molecule has 0 saturated heterocycles. The Labute approximate surface area is 192 Å². The molecule has 6 nitrogen and oxygen atoms in total. The number of hydrogen-bond acceptors (Lipinski definition) is 5. The molecule has 0 bridgehead atoms. The molecular formula is C25H26N3O3S+. The van der Waals surface area contributed by atoms with Gasteiger partial charge in [-0.1, -0.05) is 41.1 Å². The molecule has 1 spiro atoms. The number of thioether (sulfide) groups is 1. The second-order valence-electron chi connectivity index (χ2n) is 8.30. The fourth-order valence-corrected chi connectivity index (χ4v) is 6.20. The summed E-state index contributed by atoms with van der Waals surface area (Å²) in [6.45, 7) is 4.18. The summed E-state index contributed by atoms with van der Waals surface area (Å²) in [6, 6.07) is 9.81. The van der Waals surface area contributed by atoms with Gasteiger partial charge in [0.1, 0.15) is 22.7 Å². The number of hydroxylamine groups is 2. The number of benzene rings is 1. The van der Waals surface area contributed by atoms with Crippen molar-refractivity contribution in [3.63, 3.8) is 0 Å². The highest BCUT2D eigenvalue weighted by Gasteiger charge is 2.67. The van der Waals surface area contributed by atoms with Crippen LogP contribution in [0.2, 0.25) is 0 Å². The molecular weight excluding hydrogens is 422 g/mol. The molecule has 0 saturated carbocycles. The number of fused-ring (bicyclic) bond motifs is 3. The number of carbonyl (C=O) groups is 1. The lowest BCUT2D eigenvalue weighted by molar-refractivity contribution is -0.118. The van der Waals surface area contributed by atoms with Crippen molar-refractivity contribution in [1.29, 1.82) is 0 Å². The van der Waals surface area contributed by atoms with E-state index in [-0.39, 0.29) is 9.76 Å². The first kappa shape index (κ1) is 21.0. The highest BCUT2D eigenvalue weighted by Crippen LogP contribution is 2.58. The molecule has 0 N–H and O–H groups in total. The molecule has 1 aromatic heterocycles. The Morgan fingerprint density at radius 3 is 2.72 bits per heavy atom. The van der Waals surface area contributed by atoms with E-state index >= 15 is 0 Å². The summed E-state index contributed by atoms with van der Waals surface area (Å²) in [5, 5.41) is 0.857. The first-order valence-corrected chi connectivity index (χ1v) is 11.4. The minimum atomic E-state index is -0.499. The molecule has 5 rings (SSSR count). The molecule has 1 aliphatic carbocycles. The predicted octanol–water partition coefficient (Wildman–Crippen LogP) is 5.00. The maximum atomic E-state index is 13.0. The van der Waals surface area contributed by atoms with Crippen LogP contribution in [-0.4, -0.2) is 34.4 Å².